The van der Waals surface area contributed by atoms with Crippen LogP contribution in [-0.2, 0) is 6.54 Å². The highest BCUT2D eigenvalue weighted by molar-refractivity contribution is 9.10. The van der Waals surface area contributed by atoms with Crippen molar-refractivity contribution in [2.24, 2.45) is 5.92 Å². The van der Waals surface area contributed by atoms with Crippen LogP contribution < -0.4 is 0 Å². The lowest BCUT2D eigenvalue weighted by molar-refractivity contribution is 0.0682. The summed E-state index contributed by atoms with van der Waals surface area (Å²) in [5, 5.41) is 0. The number of carbonyl (C=O) groups is 1. The molecule has 0 bridgehead atoms. The predicted molar refractivity (Wildman–Crippen MR) is 103 cm³/mol. The highest BCUT2D eigenvalue weighted by Crippen LogP contribution is 2.24. The van der Waals surface area contributed by atoms with Crippen LogP contribution in [0.2, 0.25) is 0 Å². The number of likely N-dealkylation sites (tertiary alicyclic amines) is 1. The summed E-state index contributed by atoms with van der Waals surface area (Å²) in [7, 11) is 0. The number of fused-ring (bicyclic) bond motifs is 1. The molecule has 3 aromatic rings. The van der Waals surface area contributed by atoms with Crippen LogP contribution in [0.5, 0.6) is 0 Å². The van der Waals surface area contributed by atoms with Gasteiger partial charge in [-0.25, -0.2) is 4.98 Å². The van der Waals surface area contributed by atoms with Gasteiger partial charge in [0.2, 0.25) is 0 Å². The van der Waals surface area contributed by atoms with Gasteiger partial charge in [0.25, 0.3) is 5.91 Å². The van der Waals surface area contributed by atoms with E-state index in [2.05, 4.69) is 37.6 Å². The van der Waals surface area contributed by atoms with Crippen LogP contribution in [0.15, 0.2) is 59.3 Å². The molecule has 0 N–H and O–H groups in total. The maximum absolute atomic E-state index is 12.7. The maximum atomic E-state index is 12.7. The molecule has 0 aliphatic carbocycles. The maximum Gasteiger partial charge on any atom is 0.254 e. The fourth-order valence-corrected chi connectivity index (χ4v) is 4.01. The SMILES string of the molecule is O=C(c1ccccc1Br)N1CCC(Cn2cnc3ccccc32)CC1. The fraction of sp³-hybridized carbons (Fsp3) is 0.300. The van der Waals surface area contributed by atoms with Crippen molar-refractivity contribution in [3.63, 3.8) is 0 Å². The van der Waals surface area contributed by atoms with E-state index in [-0.39, 0.29) is 5.91 Å². The van der Waals surface area contributed by atoms with Gasteiger partial charge in [-0.3, -0.25) is 4.79 Å². The molecule has 4 rings (SSSR count). The summed E-state index contributed by atoms with van der Waals surface area (Å²) in [6.45, 7) is 2.60. The lowest BCUT2D eigenvalue weighted by Crippen LogP contribution is -2.39. The van der Waals surface area contributed by atoms with E-state index in [0.717, 1.165) is 48.0 Å². The van der Waals surface area contributed by atoms with E-state index >= 15 is 0 Å². The molecule has 0 radical (unpaired) electrons. The number of imidazole rings is 1. The fourth-order valence-electron chi connectivity index (χ4n) is 3.56. The molecule has 1 aromatic heterocycles. The average Bonchev–Trinajstić information content (AvgIpc) is 3.05. The van der Waals surface area contributed by atoms with Crippen molar-refractivity contribution < 1.29 is 4.79 Å². The molecular weight excluding hydrogens is 378 g/mol. The van der Waals surface area contributed by atoms with Crippen LogP contribution in [0, 0.1) is 5.92 Å². The van der Waals surface area contributed by atoms with E-state index in [0.29, 0.717) is 5.92 Å². The van der Waals surface area contributed by atoms with E-state index < -0.39 is 0 Å². The molecule has 1 saturated heterocycles. The monoisotopic (exact) mass is 397 g/mol. The second-order valence-corrected chi connectivity index (χ2v) is 7.46. The van der Waals surface area contributed by atoms with Crippen LogP contribution in [0.4, 0.5) is 0 Å². The van der Waals surface area contributed by atoms with Crippen molar-refractivity contribution in [1.29, 1.82) is 0 Å². The van der Waals surface area contributed by atoms with Gasteiger partial charge >= 0.3 is 0 Å². The van der Waals surface area contributed by atoms with Crippen molar-refractivity contribution in [1.82, 2.24) is 14.5 Å². The Morgan fingerprint density at radius 2 is 1.80 bits per heavy atom. The zero-order chi connectivity index (χ0) is 17.2. The van der Waals surface area contributed by atoms with Crippen LogP contribution in [0.3, 0.4) is 0 Å². The molecule has 1 amide bonds. The largest absolute Gasteiger partial charge is 0.339 e. The minimum Gasteiger partial charge on any atom is -0.339 e. The van der Waals surface area contributed by atoms with Gasteiger partial charge in [-0.05, 0) is 59.0 Å². The average molecular weight is 398 g/mol. The Labute approximate surface area is 155 Å². The number of hydrogen-bond donors (Lipinski definition) is 0. The Bertz CT molecular complexity index is 897. The van der Waals surface area contributed by atoms with Crippen LogP contribution in [-0.4, -0.2) is 33.4 Å². The van der Waals surface area contributed by atoms with Gasteiger partial charge < -0.3 is 9.47 Å². The second-order valence-electron chi connectivity index (χ2n) is 6.60. The second kappa shape index (κ2) is 7.00. The molecule has 2 aromatic carbocycles. The third-order valence-corrected chi connectivity index (χ3v) is 5.68. The predicted octanol–water partition coefficient (Wildman–Crippen LogP) is 4.35. The number of piperidine rings is 1. The number of amides is 1. The first-order valence-corrected chi connectivity index (χ1v) is 9.45. The summed E-state index contributed by atoms with van der Waals surface area (Å²) in [6.07, 6.45) is 3.99. The first-order chi connectivity index (χ1) is 12.2. The van der Waals surface area contributed by atoms with E-state index in [1.165, 1.54) is 5.52 Å². The smallest absolute Gasteiger partial charge is 0.254 e. The molecule has 25 heavy (non-hydrogen) atoms. The summed E-state index contributed by atoms with van der Waals surface area (Å²) in [6, 6.07) is 15.9. The molecule has 0 unspecified atom stereocenters. The number of para-hydroxylation sites is 2. The topological polar surface area (TPSA) is 38.1 Å². The molecular formula is C20H20BrN3O. The van der Waals surface area contributed by atoms with Crippen molar-refractivity contribution in [3.05, 3.63) is 64.9 Å². The van der Waals surface area contributed by atoms with Gasteiger partial charge in [0.1, 0.15) is 0 Å². The number of aromatic nitrogens is 2. The number of hydrogen-bond acceptors (Lipinski definition) is 2. The zero-order valence-corrected chi connectivity index (χ0v) is 15.5. The lowest BCUT2D eigenvalue weighted by atomic mass is 9.96. The summed E-state index contributed by atoms with van der Waals surface area (Å²) < 4.78 is 3.11. The number of benzene rings is 2. The zero-order valence-electron chi connectivity index (χ0n) is 13.9. The highest BCUT2D eigenvalue weighted by Gasteiger charge is 2.25. The number of rotatable bonds is 3. The summed E-state index contributed by atoms with van der Waals surface area (Å²) in [4.78, 5) is 19.1. The molecule has 128 valence electrons. The lowest BCUT2D eigenvalue weighted by Gasteiger charge is -2.32. The standard InChI is InChI=1S/C20H20BrN3O/c21-17-6-2-1-5-16(17)20(25)23-11-9-15(10-12-23)13-24-14-22-18-7-3-4-8-19(18)24/h1-8,14-15H,9-13H2. The molecule has 0 atom stereocenters. The summed E-state index contributed by atoms with van der Waals surface area (Å²) >= 11 is 3.48. The van der Waals surface area contributed by atoms with Gasteiger partial charge in [0.05, 0.1) is 22.9 Å². The summed E-state index contributed by atoms with van der Waals surface area (Å²) in [5.41, 5.74) is 2.99. The number of carbonyl (C=O) groups excluding carboxylic acids is 1. The molecule has 0 spiro atoms. The third-order valence-electron chi connectivity index (χ3n) is 4.99. The first kappa shape index (κ1) is 16.3. The molecule has 5 heteroatoms. The number of halogens is 1. The van der Waals surface area contributed by atoms with Crippen LogP contribution in [0.25, 0.3) is 11.0 Å². The Morgan fingerprint density at radius 3 is 2.60 bits per heavy atom. The van der Waals surface area contributed by atoms with E-state index in [1.807, 2.05) is 47.6 Å². The minimum absolute atomic E-state index is 0.124. The quantitative estimate of drug-likeness (QED) is 0.658. The molecule has 1 aliphatic heterocycles. The first-order valence-electron chi connectivity index (χ1n) is 8.66. The minimum atomic E-state index is 0.124. The molecule has 0 saturated carbocycles. The van der Waals surface area contributed by atoms with Crippen LogP contribution in [0.1, 0.15) is 23.2 Å². The van der Waals surface area contributed by atoms with Gasteiger partial charge in [-0.2, -0.15) is 0 Å². The van der Waals surface area contributed by atoms with E-state index in [1.54, 1.807) is 0 Å². The molecule has 1 aliphatic rings. The Balaban J connectivity index is 1.40. The van der Waals surface area contributed by atoms with Crippen LogP contribution >= 0.6 is 15.9 Å². The Hall–Kier alpha value is -2.14. The Morgan fingerprint density at radius 1 is 1.08 bits per heavy atom. The highest BCUT2D eigenvalue weighted by atomic mass is 79.9. The molecule has 4 nitrogen and oxygen atoms in total. The molecule has 2 heterocycles. The van der Waals surface area contributed by atoms with Gasteiger partial charge in [-0.15, -0.1) is 0 Å². The van der Waals surface area contributed by atoms with E-state index in [4.69, 9.17) is 0 Å². The molecule has 1 fully saturated rings. The third kappa shape index (κ3) is 3.33. The normalized spacial score (nSPS) is 15.6. The Kier molecular flexibility index (Phi) is 4.57. The van der Waals surface area contributed by atoms with Gasteiger partial charge in [0.15, 0.2) is 0 Å². The summed E-state index contributed by atoms with van der Waals surface area (Å²) in [5.74, 6) is 0.708. The van der Waals surface area contributed by atoms with Crippen molar-refractivity contribution >= 4 is 32.9 Å². The van der Waals surface area contributed by atoms with Crippen molar-refractivity contribution in [3.8, 4) is 0 Å². The van der Waals surface area contributed by atoms with Crippen molar-refractivity contribution in [2.45, 2.75) is 19.4 Å². The van der Waals surface area contributed by atoms with E-state index in [9.17, 15) is 4.79 Å². The van der Waals surface area contributed by atoms with Gasteiger partial charge in [0, 0.05) is 24.1 Å². The van der Waals surface area contributed by atoms with Gasteiger partial charge in [-0.1, -0.05) is 24.3 Å². The van der Waals surface area contributed by atoms with Crippen molar-refractivity contribution in [2.75, 3.05) is 13.1 Å². The number of nitrogens with zero attached hydrogens (tertiary/aromatic N) is 3.